The summed E-state index contributed by atoms with van der Waals surface area (Å²) in [5, 5.41) is 18.8. The first kappa shape index (κ1) is 10.6. The molecule has 0 aliphatic rings. The molecular weight excluding hydrogens is 206 g/mol. The molecule has 1 aromatic heterocycles. The van der Waals surface area contributed by atoms with Gasteiger partial charge in [-0.15, -0.1) is 0 Å². The van der Waals surface area contributed by atoms with Crippen LogP contribution < -0.4 is 0 Å². The van der Waals surface area contributed by atoms with Crippen LogP contribution in [0.25, 0.3) is 10.9 Å². The number of hydrogen-bond acceptors (Lipinski definition) is 3. The Balaban J connectivity index is 2.29. The molecule has 0 unspecified atom stereocenters. The third-order valence-corrected chi connectivity index (χ3v) is 2.34. The zero-order valence-corrected chi connectivity index (χ0v) is 8.50. The first-order chi connectivity index (χ1) is 7.66. The van der Waals surface area contributed by atoms with Gasteiger partial charge >= 0.3 is 5.97 Å². The van der Waals surface area contributed by atoms with Gasteiger partial charge in [0.1, 0.15) is 0 Å². The van der Waals surface area contributed by atoms with Crippen molar-refractivity contribution in [1.29, 1.82) is 0 Å². The van der Waals surface area contributed by atoms with Crippen LogP contribution in [0.3, 0.4) is 0 Å². The van der Waals surface area contributed by atoms with Crippen molar-refractivity contribution in [1.82, 2.24) is 4.98 Å². The van der Waals surface area contributed by atoms with Crippen molar-refractivity contribution < 1.29 is 15.0 Å². The number of aliphatic hydroxyl groups excluding tert-OH is 1. The summed E-state index contributed by atoms with van der Waals surface area (Å²) in [6, 6.07) is 11.2. The molecule has 82 valence electrons. The summed E-state index contributed by atoms with van der Waals surface area (Å²) in [4.78, 5) is 14.8. The molecular formula is C12H11NO3. The Morgan fingerprint density at radius 1 is 1.25 bits per heavy atom. The van der Waals surface area contributed by atoms with Crippen LogP contribution in [0.1, 0.15) is 5.69 Å². The van der Waals surface area contributed by atoms with E-state index >= 15 is 0 Å². The summed E-state index contributed by atoms with van der Waals surface area (Å²) < 4.78 is 0. The molecule has 4 heteroatoms. The number of fused-ring (bicyclic) bond motifs is 1. The summed E-state index contributed by atoms with van der Waals surface area (Å²) in [6.07, 6.45) is -1.37. The van der Waals surface area contributed by atoms with Crippen LogP contribution in [0.2, 0.25) is 0 Å². The molecule has 0 aliphatic heterocycles. The predicted molar refractivity (Wildman–Crippen MR) is 59.1 cm³/mol. The Morgan fingerprint density at radius 2 is 2.00 bits per heavy atom. The molecule has 2 rings (SSSR count). The number of carbonyl (C=O) groups is 1. The van der Waals surface area contributed by atoms with Crippen molar-refractivity contribution in [2.24, 2.45) is 0 Å². The predicted octanol–water partition coefficient (Wildman–Crippen LogP) is 1.22. The maximum atomic E-state index is 10.5. The van der Waals surface area contributed by atoms with Crippen molar-refractivity contribution in [2.75, 3.05) is 0 Å². The highest BCUT2D eigenvalue weighted by Crippen LogP contribution is 2.12. The van der Waals surface area contributed by atoms with Crippen molar-refractivity contribution in [3.05, 3.63) is 42.1 Å². The summed E-state index contributed by atoms with van der Waals surface area (Å²) in [7, 11) is 0. The molecule has 1 aromatic carbocycles. The van der Waals surface area contributed by atoms with Gasteiger partial charge in [-0.2, -0.15) is 0 Å². The number of hydrogen-bond donors (Lipinski definition) is 2. The number of aromatic nitrogens is 1. The van der Waals surface area contributed by atoms with E-state index in [0.29, 0.717) is 5.69 Å². The van der Waals surface area contributed by atoms with Gasteiger partial charge in [-0.3, -0.25) is 4.98 Å². The van der Waals surface area contributed by atoms with Gasteiger partial charge in [-0.25, -0.2) is 4.79 Å². The number of aliphatic carboxylic acids is 1. The number of rotatable bonds is 3. The SMILES string of the molecule is O=C(O)[C@H](O)Cc1ccc2ccccc2n1. The van der Waals surface area contributed by atoms with Gasteiger partial charge in [0.15, 0.2) is 6.10 Å². The van der Waals surface area contributed by atoms with E-state index in [1.165, 1.54) is 0 Å². The van der Waals surface area contributed by atoms with E-state index in [-0.39, 0.29) is 6.42 Å². The minimum atomic E-state index is -1.39. The number of aliphatic hydroxyl groups is 1. The van der Waals surface area contributed by atoms with E-state index in [9.17, 15) is 9.90 Å². The maximum Gasteiger partial charge on any atom is 0.332 e. The van der Waals surface area contributed by atoms with Gasteiger partial charge in [0, 0.05) is 17.5 Å². The Hall–Kier alpha value is -1.94. The lowest BCUT2D eigenvalue weighted by Gasteiger charge is -2.05. The van der Waals surface area contributed by atoms with Crippen LogP contribution in [0.5, 0.6) is 0 Å². The number of nitrogens with zero attached hydrogens (tertiary/aromatic N) is 1. The molecule has 0 radical (unpaired) electrons. The van der Waals surface area contributed by atoms with Gasteiger partial charge in [-0.1, -0.05) is 24.3 Å². The number of para-hydroxylation sites is 1. The van der Waals surface area contributed by atoms with Gasteiger partial charge in [-0.05, 0) is 12.1 Å². The molecule has 0 aliphatic carbocycles. The Bertz CT molecular complexity index is 524. The van der Waals surface area contributed by atoms with Crippen LogP contribution >= 0.6 is 0 Å². The van der Waals surface area contributed by atoms with E-state index in [2.05, 4.69) is 4.98 Å². The van der Waals surface area contributed by atoms with Gasteiger partial charge < -0.3 is 10.2 Å². The average molecular weight is 217 g/mol. The van der Waals surface area contributed by atoms with Crippen LogP contribution in [-0.4, -0.2) is 27.3 Å². The maximum absolute atomic E-state index is 10.5. The largest absolute Gasteiger partial charge is 0.479 e. The van der Waals surface area contributed by atoms with Gasteiger partial charge in [0.05, 0.1) is 5.52 Å². The van der Waals surface area contributed by atoms with Gasteiger partial charge in [0.2, 0.25) is 0 Å². The third-order valence-electron chi connectivity index (χ3n) is 2.34. The Morgan fingerprint density at radius 3 is 2.75 bits per heavy atom. The quantitative estimate of drug-likeness (QED) is 0.811. The summed E-state index contributed by atoms with van der Waals surface area (Å²) in [6.45, 7) is 0. The standard InChI is InChI=1S/C12H11NO3/c14-11(12(15)16)7-9-6-5-8-3-1-2-4-10(8)13-9/h1-6,11,14H,7H2,(H,15,16)/t11-/m1/s1. The van der Waals surface area contributed by atoms with Crippen molar-refractivity contribution >= 4 is 16.9 Å². The van der Waals surface area contributed by atoms with E-state index in [1.807, 2.05) is 30.3 Å². The molecule has 2 N–H and O–H groups in total. The molecule has 0 bridgehead atoms. The molecule has 0 fully saturated rings. The second-order valence-electron chi connectivity index (χ2n) is 3.55. The van der Waals surface area contributed by atoms with Gasteiger partial charge in [0.25, 0.3) is 0 Å². The Kier molecular flexibility index (Phi) is 2.83. The van der Waals surface area contributed by atoms with Crippen LogP contribution in [0.15, 0.2) is 36.4 Å². The second kappa shape index (κ2) is 4.28. The number of benzene rings is 1. The second-order valence-corrected chi connectivity index (χ2v) is 3.55. The molecule has 0 spiro atoms. The highest BCUT2D eigenvalue weighted by Gasteiger charge is 2.14. The van der Waals surface area contributed by atoms with Crippen molar-refractivity contribution in [3.8, 4) is 0 Å². The molecule has 0 saturated heterocycles. The van der Waals surface area contributed by atoms with Crippen LogP contribution in [-0.2, 0) is 11.2 Å². The molecule has 16 heavy (non-hydrogen) atoms. The first-order valence-electron chi connectivity index (χ1n) is 4.92. The number of carboxylic acids is 1. The minimum Gasteiger partial charge on any atom is -0.479 e. The molecule has 4 nitrogen and oxygen atoms in total. The van der Waals surface area contributed by atoms with Crippen molar-refractivity contribution in [3.63, 3.8) is 0 Å². The minimum absolute atomic E-state index is 0.0279. The van der Waals surface area contributed by atoms with Crippen LogP contribution in [0, 0.1) is 0 Å². The smallest absolute Gasteiger partial charge is 0.332 e. The number of pyridine rings is 1. The lowest BCUT2D eigenvalue weighted by atomic mass is 10.1. The monoisotopic (exact) mass is 217 g/mol. The summed E-state index contributed by atoms with van der Waals surface area (Å²) in [5.41, 5.74) is 1.38. The fourth-order valence-electron chi connectivity index (χ4n) is 1.51. The van der Waals surface area contributed by atoms with E-state index in [0.717, 1.165) is 10.9 Å². The topological polar surface area (TPSA) is 70.4 Å². The third kappa shape index (κ3) is 2.17. The van der Waals surface area contributed by atoms with Crippen molar-refractivity contribution in [2.45, 2.75) is 12.5 Å². The normalized spacial score (nSPS) is 12.6. The fraction of sp³-hybridized carbons (Fsp3) is 0.167. The zero-order valence-electron chi connectivity index (χ0n) is 8.50. The highest BCUT2D eigenvalue weighted by molar-refractivity contribution is 5.78. The Labute approximate surface area is 92.2 Å². The summed E-state index contributed by atoms with van der Waals surface area (Å²) in [5.74, 6) is -1.23. The fourth-order valence-corrected chi connectivity index (χ4v) is 1.51. The average Bonchev–Trinajstić information content (AvgIpc) is 2.28. The lowest BCUT2D eigenvalue weighted by Crippen LogP contribution is -2.22. The molecule has 1 heterocycles. The molecule has 1 atom stereocenters. The van der Waals surface area contributed by atoms with E-state index < -0.39 is 12.1 Å². The zero-order chi connectivity index (χ0) is 11.5. The van der Waals surface area contributed by atoms with E-state index in [1.54, 1.807) is 6.07 Å². The van der Waals surface area contributed by atoms with Crippen LogP contribution in [0.4, 0.5) is 0 Å². The highest BCUT2D eigenvalue weighted by atomic mass is 16.4. The van der Waals surface area contributed by atoms with E-state index in [4.69, 9.17) is 5.11 Å². The summed E-state index contributed by atoms with van der Waals surface area (Å²) >= 11 is 0. The lowest BCUT2D eigenvalue weighted by molar-refractivity contribution is -0.146. The molecule has 2 aromatic rings. The number of carboxylic acid groups (broad SMARTS) is 1. The molecule has 0 saturated carbocycles. The first-order valence-corrected chi connectivity index (χ1v) is 4.92. The molecule has 0 amide bonds.